The summed E-state index contributed by atoms with van der Waals surface area (Å²) in [4.78, 5) is 11.5. The van der Waals surface area contributed by atoms with Gasteiger partial charge in [-0.1, -0.05) is 20.3 Å². The molecular formula is C15H31NO5. The smallest absolute Gasteiger partial charge is 0.310 e. The van der Waals surface area contributed by atoms with Crippen molar-refractivity contribution in [2.45, 2.75) is 33.1 Å². The standard InChI is InChI=1S/C15H31NO5/c1-3-5-6-18-7-8-19-9-10-20-11-12-21-15(17)14(4-2)13-16/h14H,3-13,16H2,1-2H3. The van der Waals surface area contributed by atoms with E-state index in [1.807, 2.05) is 6.92 Å². The van der Waals surface area contributed by atoms with Crippen molar-refractivity contribution in [2.24, 2.45) is 11.7 Å². The van der Waals surface area contributed by atoms with Gasteiger partial charge in [0.15, 0.2) is 0 Å². The van der Waals surface area contributed by atoms with Gasteiger partial charge in [-0.25, -0.2) is 0 Å². The average molecular weight is 305 g/mol. The van der Waals surface area contributed by atoms with E-state index in [4.69, 9.17) is 24.7 Å². The maximum absolute atomic E-state index is 11.5. The molecule has 126 valence electrons. The minimum atomic E-state index is -0.246. The minimum absolute atomic E-state index is 0.207. The Balaban J connectivity index is 3.20. The maximum atomic E-state index is 11.5. The predicted octanol–water partition coefficient (Wildman–Crippen LogP) is 1.36. The van der Waals surface area contributed by atoms with E-state index in [9.17, 15) is 4.79 Å². The second kappa shape index (κ2) is 15.7. The Morgan fingerprint density at radius 1 is 0.905 bits per heavy atom. The third kappa shape index (κ3) is 12.7. The van der Waals surface area contributed by atoms with Gasteiger partial charge in [0.05, 0.1) is 39.0 Å². The van der Waals surface area contributed by atoms with Crippen LogP contribution in [0.25, 0.3) is 0 Å². The van der Waals surface area contributed by atoms with Gasteiger partial charge in [0.2, 0.25) is 0 Å². The lowest BCUT2D eigenvalue weighted by Crippen LogP contribution is -2.26. The summed E-state index contributed by atoms with van der Waals surface area (Å²) in [5.41, 5.74) is 5.46. The number of unbranched alkanes of at least 4 members (excludes halogenated alkanes) is 1. The van der Waals surface area contributed by atoms with Gasteiger partial charge < -0.3 is 24.7 Å². The first-order valence-corrected chi connectivity index (χ1v) is 7.86. The van der Waals surface area contributed by atoms with Crippen molar-refractivity contribution in [2.75, 3.05) is 52.8 Å². The molecule has 21 heavy (non-hydrogen) atoms. The fourth-order valence-electron chi connectivity index (χ4n) is 1.54. The van der Waals surface area contributed by atoms with E-state index in [1.165, 1.54) is 0 Å². The molecule has 0 aromatic heterocycles. The zero-order valence-corrected chi connectivity index (χ0v) is 13.5. The molecule has 0 aliphatic heterocycles. The molecule has 6 heteroatoms. The number of nitrogens with two attached hydrogens (primary N) is 1. The summed E-state index contributed by atoms with van der Waals surface area (Å²) in [5, 5.41) is 0. The second-order valence-corrected chi connectivity index (χ2v) is 4.70. The molecular weight excluding hydrogens is 274 g/mol. The summed E-state index contributed by atoms with van der Waals surface area (Å²) in [5.74, 6) is -0.454. The van der Waals surface area contributed by atoms with Gasteiger partial charge in [0.1, 0.15) is 6.61 Å². The van der Waals surface area contributed by atoms with Crippen molar-refractivity contribution < 1.29 is 23.7 Å². The molecule has 0 amide bonds. The monoisotopic (exact) mass is 305 g/mol. The maximum Gasteiger partial charge on any atom is 0.310 e. The van der Waals surface area contributed by atoms with Crippen molar-refractivity contribution >= 4 is 5.97 Å². The number of ether oxygens (including phenoxy) is 4. The lowest BCUT2D eigenvalue weighted by molar-refractivity contribution is -0.150. The van der Waals surface area contributed by atoms with E-state index in [0.29, 0.717) is 46.0 Å². The SMILES string of the molecule is CCCCOCCOCCOCCOC(=O)C(CC)CN. The Morgan fingerprint density at radius 2 is 1.43 bits per heavy atom. The highest BCUT2D eigenvalue weighted by Crippen LogP contribution is 2.02. The van der Waals surface area contributed by atoms with Gasteiger partial charge in [-0.3, -0.25) is 4.79 Å². The molecule has 0 saturated carbocycles. The highest BCUT2D eigenvalue weighted by atomic mass is 16.6. The Kier molecular flexibility index (Phi) is 15.2. The molecule has 0 aliphatic rings. The number of rotatable bonds is 15. The van der Waals surface area contributed by atoms with Gasteiger partial charge >= 0.3 is 5.97 Å². The molecule has 0 radical (unpaired) electrons. The normalized spacial score (nSPS) is 12.3. The summed E-state index contributed by atoms with van der Waals surface area (Å²) in [6.45, 7) is 8.01. The van der Waals surface area contributed by atoms with Gasteiger partial charge in [0, 0.05) is 13.2 Å². The highest BCUT2D eigenvalue weighted by molar-refractivity contribution is 5.72. The van der Waals surface area contributed by atoms with Crippen molar-refractivity contribution in [1.82, 2.24) is 0 Å². The van der Waals surface area contributed by atoms with Crippen LogP contribution < -0.4 is 5.73 Å². The molecule has 1 unspecified atom stereocenters. The molecule has 6 nitrogen and oxygen atoms in total. The molecule has 0 aliphatic carbocycles. The Hall–Kier alpha value is -0.690. The van der Waals surface area contributed by atoms with E-state index in [0.717, 1.165) is 19.4 Å². The Morgan fingerprint density at radius 3 is 1.90 bits per heavy atom. The molecule has 0 spiro atoms. The lowest BCUT2D eigenvalue weighted by Gasteiger charge is -2.12. The van der Waals surface area contributed by atoms with Crippen LogP contribution in [0.3, 0.4) is 0 Å². The summed E-state index contributed by atoms with van der Waals surface area (Å²) < 4.78 is 21.1. The predicted molar refractivity (Wildman–Crippen MR) is 81.2 cm³/mol. The van der Waals surface area contributed by atoms with Crippen molar-refractivity contribution in [3.63, 3.8) is 0 Å². The quantitative estimate of drug-likeness (QED) is 0.363. The van der Waals surface area contributed by atoms with Crippen LogP contribution in [0.4, 0.5) is 0 Å². The van der Waals surface area contributed by atoms with E-state index < -0.39 is 0 Å². The Bertz CT molecular complexity index is 234. The zero-order valence-electron chi connectivity index (χ0n) is 13.5. The van der Waals surface area contributed by atoms with E-state index in [1.54, 1.807) is 0 Å². The van der Waals surface area contributed by atoms with Gasteiger partial charge in [0.25, 0.3) is 0 Å². The van der Waals surface area contributed by atoms with Crippen LogP contribution in [0.1, 0.15) is 33.1 Å². The first kappa shape index (κ1) is 20.3. The fourth-order valence-corrected chi connectivity index (χ4v) is 1.54. The largest absolute Gasteiger partial charge is 0.463 e. The molecule has 0 saturated heterocycles. The first-order chi connectivity index (χ1) is 10.3. The van der Waals surface area contributed by atoms with Crippen LogP contribution in [0, 0.1) is 5.92 Å². The lowest BCUT2D eigenvalue weighted by atomic mass is 10.1. The van der Waals surface area contributed by atoms with Crippen molar-refractivity contribution in [3.8, 4) is 0 Å². The molecule has 0 rings (SSSR count). The summed E-state index contributed by atoms with van der Waals surface area (Å²) in [6, 6.07) is 0. The summed E-state index contributed by atoms with van der Waals surface area (Å²) in [6.07, 6.45) is 2.93. The number of carbonyl (C=O) groups excluding carboxylic acids is 1. The molecule has 0 aromatic rings. The third-order valence-corrected chi connectivity index (χ3v) is 2.97. The fraction of sp³-hybridized carbons (Fsp3) is 0.933. The van der Waals surface area contributed by atoms with Crippen LogP contribution in [-0.2, 0) is 23.7 Å². The van der Waals surface area contributed by atoms with E-state index in [-0.39, 0.29) is 18.5 Å². The molecule has 0 aromatic carbocycles. The van der Waals surface area contributed by atoms with Crippen LogP contribution in [-0.4, -0.2) is 58.8 Å². The second-order valence-electron chi connectivity index (χ2n) is 4.70. The van der Waals surface area contributed by atoms with E-state index in [2.05, 4.69) is 6.92 Å². The van der Waals surface area contributed by atoms with Crippen LogP contribution >= 0.6 is 0 Å². The van der Waals surface area contributed by atoms with Crippen LogP contribution in [0.2, 0.25) is 0 Å². The number of esters is 1. The molecule has 0 fully saturated rings. The minimum Gasteiger partial charge on any atom is -0.463 e. The van der Waals surface area contributed by atoms with Crippen molar-refractivity contribution in [1.29, 1.82) is 0 Å². The summed E-state index contributed by atoms with van der Waals surface area (Å²) in [7, 11) is 0. The number of hydrogen-bond donors (Lipinski definition) is 1. The van der Waals surface area contributed by atoms with Gasteiger partial charge in [-0.2, -0.15) is 0 Å². The van der Waals surface area contributed by atoms with Crippen LogP contribution in [0.15, 0.2) is 0 Å². The number of carbonyl (C=O) groups is 1. The molecule has 0 heterocycles. The van der Waals surface area contributed by atoms with E-state index >= 15 is 0 Å². The number of hydrogen-bond acceptors (Lipinski definition) is 6. The molecule has 2 N–H and O–H groups in total. The highest BCUT2D eigenvalue weighted by Gasteiger charge is 2.15. The Labute approximate surface area is 128 Å². The topological polar surface area (TPSA) is 80.0 Å². The average Bonchev–Trinajstić information content (AvgIpc) is 2.49. The third-order valence-electron chi connectivity index (χ3n) is 2.97. The molecule has 0 bridgehead atoms. The van der Waals surface area contributed by atoms with Crippen LogP contribution in [0.5, 0.6) is 0 Å². The van der Waals surface area contributed by atoms with Gasteiger partial charge in [-0.15, -0.1) is 0 Å². The van der Waals surface area contributed by atoms with Crippen molar-refractivity contribution in [3.05, 3.63) is 0 Å². The molecule has 1 atom stereocenters. The first-order valence-electron chi connectivity index (χ1n) is 7.86. The van der Waals surface area contributed by atoms with Gasteiger partial charge in [-0.05, 0) is 12.8 Å². The zero-order chi connectivity index (χ0) is 15.8. The summed E-state index contributed by atoms with van der Waals surface area (Å²) >= 11 is 0.